The number of benzene rings is 1. The Morgan fingerprint density at radius 3 is 3.00 bits per heavy atom. The van der Waals surface area contributed by atoms with E-state index in [1.807, 2.05) is 18.2 Å². The number of hydrogen-bond acceptors (Lipinski definition) is 5. The molecule has 5 heteroatoms. The normalized spacial score (nSPS) is 13.1. The molecule has 0 fully saturated rings. The number of thiazole rings is 1. The number of fused-ring (bicyclic) bond motifs is 1. The maximum absolute atomic E-state index is 5.77. The summed E-state index contributed by atoms with van der Waals surface area (Å²) in [5, 5.41) is 4.36. The van der Waals surface area contributed by atoms with Gasteiger partial charge in [-0.15, -0.1) is 0 Å². The molecule has 0 aliphatic heterocycles. The lowest BCUT2D eigenvalue weighted by Gasteiger charge is -2.23. The molecular formula is C14H22N4S. The SMILES string of the molecule is CCC(C)N(C)CCNc1nc2ccc(N)cc2s1. The number of aromatic nitrogens is 1. The van der Waals surface area contributed by atoms with E-state index in [4.69, 9.17) is 5.73 Å². The summed E-state index contributed by atoms with van der Waals surface area (Å²) in [6, 6.07) is 6.46. The molecule has 2 aromatic rings. The molecule has 1 unspecified atom stereocenters. The van der Waals surface area contributed by atoms with Crippen molar-refractivity contribution in [3.8, 4) is 0 Å². The number of hydrogen-bond donors (Lipinski definition) is 2. The molecule has 1 aromatic carbocycles. The molecule has 0 saturated carbocycles. The fourth-order valence-corrected chi connectivity index (χ4v) is 2.83. The van der Waals surface area contributed by atoms with Crippen molar-refractivity contribution in [2.45, 2.75) is 26.3 Å². The van der Waals surface area contributed by atoms with E-state index in [2.05, 4.69) is 36.1 Å². The molecule has 3 N–H and O–H groups in total. The Balaban J connectivity index is 1.91. The van der Waals surface area contributed by atoms with Crippen molar-refractivity contribution >= 4 is 32.4 Å². The van der Waals surface area contributed by atoms with Crippen LogP contribution in [0.2, 0.25) is 0 Å². The Morgan fingerprint density at radius 1 is 1.47 bits per heavy atom. The summed E-state index contributed by atoms with van der Waals surface area (Å²) in [5.74, 6) is 0. The van der Waals surface area contributed by atoms with Crippen molar-refractivity contribution in [1.29, 1.82) is 0 Å². The quantitative estimate of drug-likeness (QED) is 0.798. The number of nitrogen functional groups attached to an aromatic ring is 1. The summed E-state index contributed by atoms with van der Waals surface area (Å²) >= 11 is 1.66. The van der Waals surface area contributed by atoms with Crippen LogP contribution in [0, 0.1) is 0 Å². The van der Waals surface area contributed by atoms with Crippen LogP contribution in [0.15, 0.2) is 18.2 Å². The van der Waals surface area contributed by atoms with E-state index >= 15 is 0 Å². The van der Waals surface area contributed by atoms with Gasteiger partial charge in [0.15, 0.2) is 5.13 Å². The molecule has 0 radical (unpaired) electrons. The third-order valence-corrected chi connectivity index (χ3v) is 4.47. The molecule has 1 atom stereocenters. The highest BCUT2D eigenvalue weighted by Crippen LogP contribution is 2.27. The van der Waals surface area contributed by atoms with Gasteiger partial charge in [-0.1, -0.05) is 18.3 Å². The molecule has 2 rings (SSSR count). The second kappa shape index (κ2) is 6.21. The molecule has 1 heterocycles. The number of likely N-dealkylation sites (N-methyl/N-ethyl adjacent to an activating group) is 1. The van der Waals surface area contributed by atoms with Gasteiger partial charge in [0, 0.05) is 24.8 Å². The van der Waals surface area contributed by atoms with E-state index in [9.17, 15) is 0 Å². The van der Waals surface area contributed by atoms with Gasteiger partial charge in [-0.3, -0.25) is 0 Å². The molecule has 4 nitrogen and oxygen atoms in total. The van der Waals surface area contributed by atoms with Gasteiger partial charge in [0.2, 0.25) is 0 Å². The van der Waals surface area contributed by atoms with Crippen molar-refractivity contribution in [3.63, 3.8) is 0 Å². The first kappa shape index (κ1) is 14.1. The number of anilines is 2. The minimum Gasteiger partial charge on any atom is -0.399 e. The van der Waals surface area contributed by atoms with Crippen LogP contribution in [0.5, 0.6) is 0 Å². The van der Waals surface area contributed by atoms with Gasteiger partial charge in [-0.05, 0) is 38.6 Å². The Labute approximate surface area is 118 Å². The van der Waals surface area contributed by atoms with Crippen LogP contribution in [-0.2, 0) is 0 Å². The number of nitrogens with two attached hydrogens (primary N) is 1. The summed E-state index contributed by atoms with van der Waals surface area (Å²) in [7, 11) is 2.16. The molecule has 104 valence electrons. The third-order valence-electron chi connectivity index (χ3n) is 3.50. The first-order chi connectivity index (χ1) is 9.10. The third kappa shape index (κ3) is 3.58. The monoisotopic (exact) mass is 278 g/mol. The maximum Gasteiger partial charge on any atom is 0.183 e. The molecule has 0 amide bonds. The van der Waals surface area contributed by atoms with E-state index in [1.165, 1.54) is 6.42 Å². The molecule has 0 saturated heterocycles. The molecule has 0 aliphatic rings. The van der Waals surface area contributed by atoms with Crippen LogP contribution in [-0.4, -0.2) is 36.1 Å². The van der Waals surface area contributed by atoms with Crippen molar-refractivity contribution in [3.05, 3.63) is 18.2 Å². The summed E-state index contributed by atoms with van der Waals surface area (Å²) in [4.78, 5) is 6.91. The highest BCUT2D eigenvalue weighted by molar-refractivity contribution is 7.22. The average molecular weight is 278 g/mol. The Bertz CT molecular complexity index is 537. The van der Waals surface area contributed by atoms with E-state index in [-0.39, 0.29) is 0 Å². The van der Waals surface area contributed by atoms with Crippen LogP contribution in [0.1, 0.15) is 20.3 Å². The van der Waals surface area contributed by atoms with Gasteiger partial charge in [-0.2, -0.15) is 0 Å². The van der Waals surface area contributed by atoms with Crippen molar-refractivity contribution in [2.24, 2.45) is 0 Å². The molecule has 1 aromatic heterocycles. The average Bonchev–Trinajstić information content (AvgIpc) is 2.79. The number of nitrogens with zero attached hydrogens (tertiary/aromatic N) is 2. The van der Waals surface area contributed by atoms with Crippen LogP contribution in [0.3, 0.4) is 0 Å². The van der Waals surface area contributed by atoms with E-state index in [0.29, 0.717) is 6.04 Å². The highest BCUT2D eigenvalue weighted by atomic mass is 32.1. The van der Waals surface area contributed by atoms with Crippen LogP contribution < -0.4 is 11.1 Å². The predicted molar refractivity (Wildman–Crippen MR) is 84.9 cm³/mol. The minimum atomic E-state index is 0.622. The number of nitrogens with one attached hydrogen (secondary N) is 1. The van der Waals surface area contributed by atoms with Gasteiger partial charge in [0.25, 0.3) is 0 Å². The Hall–Kier alpha value is -1.33. The predicted octanol–water partition coefficient (Wildman–Crippen LogP) is 3.02. The topological polar surface area (TPSA) is 54.2 Å². The first-order valence-corrected chi connectivity index (χ1v) is 7.52. The van der Waals surface area contributed by atoms with E-state index in [1.54, 1.807) is 11.3 Å². The molecule has 0 spiro atoms. The van der Waals surface area contributed by atoms with Crippen LogP contribution >= 0.6 is 11.3 Å². The zero-order valence-corrected chi connectivity index (χ0v) is 12.6. The first-order valence-electron chi connectivity index (χ1n) is 6.70. The second-order valence-electron chi connectivity index (χ2n) is 4.91. The minimum absolute atomic E-state index is 0.622. The highest BCUT2D eigenvalue weighted by Gasteiger charge is 2.07. The molecular weight excluding hydrogens is 256 g/mol. The van der Waals surface area contributed by atoms with Crippen molar-refractivity contribution in [1.82, 2.24) is 9.88 Å². The van der Waals surface area contributed by atoms with Crippen LogP contribution in [0.4, 0.5) is 10.8 Å². The molecule has 0 bridgehead atoms. The zero-order chi connectivity index (χ0) is 13.8. The lowest BCUT2D eigenvalue weighted by Crippen LogP contribution is -2.32. The lowest BCUT2D eigenvalue weighted by molar-refractivity contribution is 0.261. The standard InChI is InChI=1S/C14H22N4S/c1-4-10(2)18(3)8-7-16-14-17-12-6-5-11(15)9-13(12)19-14/h5-6,9-10H,4,7-8,15H2,1-3H3,(H,16,17). The Morgan fingerprint density at radius 2 is 2.26 bits per heavy atom. The molecule has 19 heavy (non-hydrogen) atoms. The van der Waals surface area contributed by atoms with Gasteiger partial charge in [0.05, 0.1) is 10.2 Å². The second-order valence-corrected chi connectivity index (χ2v) is 5.94. The smallest absolute Gasteiger partial charge is 0.183 e. The van der Waals surface area contributed by atoms with E-state index < -0.39 is 0 Å². The zero-order valence-electron chi connectivity index (χ0n) is 11.8. The largest absolute Gasteiger partial charge is 0.399 e. The summed E-state index contributed by atoms with van der Waals surface area (Å²) in [6.07, 6.45) is 1.18. The van der Waals surface area contributed by atoms with Gasteiger partial charge < -0.3 is 16.0 Å². The fraction of sp³-hybridized carbons (Fsp3) is 0.500. The number of rotatable bonds is 6. The summed E-state index contributed by atoms with van der Waals surface area (Å²) < 4.78 is 1.14. The van der Waals surface area contributed by atoms with Gasteiger partial charge in [-0.25, -0.2) is 4.98 Å². The van der Waals surface area contributed by atoms with Crippen LogP contribution in [0.25, 0.3) is 10.2 Å². The van der Waals surface area contributed by atoms with Gasteiger partial charge in [0.1, 0.15) is 0 Å². The van der Waals surface area contributed by atoms with E-state index in [0.717, 1.165) is 34.1 Å². The maximum atomic E-state index is 5.77. The summed E-state index contributed by atoms with van der Waals surface area (Å²) in [6.45, 7) is 6.40. The lowest BCUT2D eigenvalue weighted by atomic mass is 10.2. The van der Waals surface area contributed by atoms with Crippen molar-refractivity contribution < 1.29 is 0 Å². The Kier molecular flexibility index (Phi) is 4.61. The summed E-state index contributed by atoms with van der Waals surface area (Å²) in [5.41, 5.74) is 7.58. The van der Waals surface area contributed by atoms with Gasteiger partial charge >= 0.3 is 0 Å². The van der Waals surface area contributed by atoms with Crippen molar-refractivity contribution in [2.75, 3.05) is 31.2 Å². The molecule has 0 aliphatic carbocycles. The fourth-order valence-electron chi connectivity index (χ4n) is 1.89.